The van der Waals surface area contributed by atoms with E-state index in [4.69, 9.17) is 9.32 Å². The number of benzene rings is 1. The minimum atomic E-state index is -0.417. The van der Waals surface area contributed by atoms with Crippen molar-refractivity contribution in [3.8, 4) is 0 Å². The van der Waals surface area contributed by atoms with Crippen LogP contribution in [-0.4, -0.2) is 25.1 Å². The van der Waals surface area contributed by atoms with Gasteiger partial charge in [-0.05, 0) is 6.08 Å². The minimum Gasteiger partial charge on any atom is -0.544 e. The first kappa shape index (κ1) is 15.1. The molecular weight excluding hydrogens is 226 g/mol. The van der Waals surface area contributed by atoms with Gasteiger partial charge in [-0.3, -0.25) is 0 Å². The van der Waals surface area contributed by atoms with E-state index in [0.717, 1.165) is 17.6 Å². The predicted octanol–water partition coefficient (Wildman–Crippen LogP) is 0.0710. The Labute approximate surface area is 101 Å². The number of hydrogen-bond donors (Lipinski definition) is 0. The van der Waals surface area contributed by atoms with Crippen molar-refractivity contribution in [2.24, 2.45) is 0 Å². The van der Waals surface area contributed by atoms with E-state index < -0.39 is 11.3 Å². The van der Waals surface area contributed by atoms with Crippen LogP contribution in [0.2, 0.25) is 0 Å². The van der Waals surface area contributed by atoms with Crippen LogP contribution in [0.25, 0.3) is 0 Å². The smallest absolute Gasteiger partial charge is 0.104 e. The van der Waals surface area contributed by atoms with E-state index in [2.05, 4.69) is 51.0 Å². The van der Waals surface area contributed by atoms with Gasteiger partial charge in [0.1, 0.15) is 6.54 Å². The summed E-state index contributed by atoms with van der Waals surface area (Å²) in [5.74, 6) is 0. The quantitative estimate of drug-likeness (QED) is 0.555. The maximum absolute atomic E-state index is 8.24. The van der Waals surface area contributed by atoms with Crippen LogP contribution < -0.4 is 9.32 Å². The maximum atomic E-state index is 8.24. The fourth-order valence-corrected chi connectivity index (χ4v) is 1.49. The van der Waals surface area contributed by atoms with Crippen LogP contribution in [0.3, 0.4) is 0 Å². The van der Waals surface area contributed by atoms with Crippen LogP contribution in [0.1, 0.15) is 5.56 Å². The summed E-state index contributed by atoms with van der Waals surface area (Å²) in [7, 11) is 4.43. The third-order valence-corrected chi connectivity index (χ3v) is 2.08. The van der Waals surface area contributed by atoms with Crippen molar-refractivity contribution in [2.45, 2.75) is 6.54 Å². The molecule has 3 nitrogen and oxygen atoms in total. The second-order valence-corrected chi connectivity index (χ2v) is 4.24. The monoisotopic (exact) mass is 243 g/mol. The Hall–Kier alpha value is -0.870. The lowest BCUT2D eigenvalue weighted by Crippen LogP contribution is -2.38. The van der Waals surface area contributed by atoms with Crippen molar-refractivity contribution in [2.75, 3.05) is 20.6 Å². The van der Waals surface area contributed by atoms with E-state index in [1.165, 1.54) is 5.56 Å². The largest absolute Gasteiger partial charge is 0.544 e. The van der Waals surface area contributed by atoms with E-state index in [1.54, 1.807) is 0 Å². The highest BCUT2D eigenvalue weighted by Gasteiger charge is 2.12. The number of rotatable bonds is 4. The van der Waals surface area contributed by atoms with Gasteiger partial charge in [-0.1, -0.05) is 36.9 Å². The van der Waals surface area contributed by atoms with E-state index in [9.17, 15) is 0 Å². The van der Waals surface area contributed by atoms with E-state index in [0.29, 0.717) is 0 Å². The van der Waals surface area contributed by atoms with Gasteiger partial charge in [-0.2, -0.15) is 0 Å². The Morgan fingerprint density at radius 1 is 1.25 bits per heavy atom. The molecule has 1 rings (SSSR count). The third-order valence-electron chi connectivity index (χ3n) is 2.08. The van der Waals surface area contributed by atoms with Crippen molar-refractivity contribution in [1.82, 2.24) is 0 Å². The van der Waals surface area contributed by atoms with Gasteiger partial charge in [-0.25, -0.2) is 0 Å². The summed E-state index contributed by atoms with van der Waals surface area (Å²) in [5.41, 5.74) is 1.38. The summed E-state index contributed by atoms with van der Waals surface area (Å²) in [5, 5.41) is 0. The molecule has 0 radical (unpaired) electrons. The summed E-state index contributed by atoms with van der Waals surface area (Å²) in [6.45, 7) is 5.84. The third kappa shape index (κ3) is 7.43. The minimum absolute atomic E-state index is 0.417. The zero-order valence-corrected chi connectivity index (χ0v) is 10.5. The summed E-state index contributed by atoms with van der Waals surface area (Å²) in [6, 6.07) is 10.6. The summed E-state index contributed by atoms with van der Waals surface area (Å²) in [4.78, 5) is 0. The molecule has 90 valence electrons. The van der Waals surface area contributed by atoms with Crippen molar-refractivity contribution in [1.29, 1.82) is 0 Å². The van der Waals surface area contributed by atoms with Gasteiger partial charge in [0.05, 0.1) is 32.0 Å². The lowest BCUT2D eigenvalue weighted by Gasteiger charge is -2.28. The molecule has 0 N–H and O–H groups in total. The maximum Gasteiger partial charge on any atom is 0.104 e. The van der Waals surface area contributed by atoms with Crippen molar-refractivity contribution in [3.05, 3.63) is 48.6 Å². The molecule has 0 saturated heterocycles. The van der Waals surface area contributed by atoms with E-state index in [-0.39, 0.29) is 0 Å². The van der Waals surface area contributed by atoms with Crippen LogP contribution in [0, 0.1) is 11.3 Å². The average molecular weight is 244 g/mol. The standard InChI is InChI=1S/C12H18N.ClO2/c1-4-10-13(2,3)11-12-8-6-5-7-9-12;2-1-3/h4-9H,1,10-11H2,2-3H3;/q+1;-1. The molecule has 0 saturated carbocycles. The van der Waals surface area contributed by atoms with E-state index >= 15 is 0 Å². The molecule has 0 amide bonds. The molecule has 1 aromatic rings. The van der Waals surface area contributed by atoms with Gasteiger partial charge in [0.2, 0.25) is 0 Å². The molecule has 0 bridgehead atoms. The molecule has 0 fully saturated rings. The first-order valence-electron chi connectivity index (χ1n) is 4.92. The number of likely N-dealkylation sites (N-methyl/N-ethyl adjacent to an activating group) is 1. The van der Waals surface area contributed by atoms with Crippen molar-refractivity contribution in [3.63, 3.8) is 0 Å². The Kier molecular flexibility index (Phi) is 7.85. The Bertz CT molecular complexity index is 288. The first-order valence-corrected chi connectivity index (χ1v) is 5.53. The average Bonchev–Trinajstić information content (AvgIpc) is 2.19. The molecular formula is C12H18ClNO2. The highest BCUT2D eigenvalue weighted by atomic mass is 35.6. The first-order chi connectivity index (χ1) is 7.55. The molecule has 0 aliphatic heterocycles. The topological polar surface area (TPSA) is 46.1 Å². The number of hydrogen-bond acceptors (Lipinski definition) is 2. The molecule has 0 spiro atoms. The second kappa shape index (κ2) is 8.30. The lowest BCUT2D eigenvalue weighted by molar-refractivity contribution is -1.41. The molecule has 0 unspecified atom stereocenters. The van der Waals surface area contributed by atoms with E-state index in [1.807, 2.05) is 6.08 Å². The number of quaternary nitrogens is 1. The van der Waals surface area contributed by atoms with Gasteiger partial charge in [0, 0.05) is 5.56 Å². The Morgan fingerprint density at radius 2 is 1.75 bits per heavy atom. The molecule has 0 atom stereocenters. The van der Waals surface area contributed by atoms with Crippen molar-refractivity contribution >= 4 is 0 Å². The van der Waals surface area contributed by atoms with Crippen LogP contribution >= 0.6 is 0 Å². The second-order valence-electron chi connectivity index (χ2n) is 4.11. The normalized spacial score (nSPS) is 10.2. The highest BCUT2D eigenvalue weighted by Crippen LogP contribution is 2.08. The fraction of sp³-hybridized carbons (Fsp3) is 0.333. The molecule has 1 aromatic carbocycles. The van der Waals surface area contributed by atoms with Crippen LogP contribution in [0.4, 0.5) is 0 Å². The molecule has 4 heteroatoms. The number of halogens is 1. The van der Waals surface area contributed by atoms with Gasteiger partial charge in [-0.15, -0.1) is 0 Å². The summed E-state index contributed by atoms with van der Waals surface area (Å²) in [6.07, 6.45) is 1.98. The zero-order valence-electron chi connectivity index (χ0n) is 9.73. The van der Waals surface area contributed by atoms with Gasteiger partial charge < -0.3 is 13.8 Å². The summed E-state index contributed by atoms with van der Waals surface area (Å²) >= 11 is -0.417. The Balaban J connectivity index is 0.000000673. The molecule has 0 aromatic heterocycles. The van der Waals surface area contributed by atoms with Gasteiger partial charge in [0.15, 0.2) is 0 Å². The Morgan fingerprint density at radius 3 is 2.19 bits per heavy atom. The van der Waals surface area contributed by atoms with Gasteiger partial charge >= 0.3 is 0 Å². The number of nitrogens with zero attached hydrogens (tertiary/aromatic N) is 1. The summed E-state index contributed by atoms with van der Waals surface area (Å²) < 4.78 is 17.4. The fourth-order valence-electron chi connectivity index (χ4n) is 1.49. The van der Waals surface area contributed by atoms with Crippen molar-refractivity contribution < 1.29 is 25.1 Å². The molecule has 0 heterocycles. The van der Waals surface area contributed by atoms with Crippen LogP contribution in [0.5, 0.6) is 0 Å². The zero-order chi connectivity index (χ0) is 12.4. The molecule has 0 aliphatic rings. The highest BCUT2D eigenvalue weighted by molar-refractivity contribution is 5.13. The predicted molar refractivity (Wildman–Crippen MR) is 57.3 cm³/mol. The molecule has 16 heavy (non-hydrogen) atoms. The van der Waals surface area contributed by atoms with Crippen LogP contribution in [0.15, 0.2) is 43.0 Å². The SMILES string of the molecule is C=CC[N+](C)(C)Cc1ccccc1.[O-][Cl+][O-]. The van der Waals surface area contributed by atoms with Crippen LogP contribution in [-0.2, 0) is 6.54 Å². The lowest BCUT2D eigenvalue weighted by atomic mass is 10.2. The van der Waals surface area contributed by atoms with Gasteiger partial charge in [0.25, 0.3) is 0 Å². The molecule has 0 aliphatic carbocycles.